The third-order valence-corrected chi connectivity index (χ3v) is 6.49. The topological polar surface area (TPSA) is 77.5 Å². The van der Waals surface area contributed by atoms with Crippen molar-refractivity contribution in [1.29, 1.82) is 0 Å². The van der Waals surface area contributed by atoms with Crippen LogP contribution in [0.25, 0.3) is 0 Å². The number of morpholine rings is 1. The molecule has 5 rings (SSSR count). The minimum Gasteiger partial charge on any atom is -0.497 e. The van der Waals surface area contributed by atoms with E-state index in [2.05, 4.69) is 0 Å². The summed E-state index contributed by atoms with van der Waals surface area (Å²) in [5.41, 5.74) is 1.92. The van der Waals surface area contributed by atoms with Gasteiger partial charge in [-0.25, -0.2) is 14.0 Å². The van der Waals surface area contributed by atoms with Crippen molar-refractivity contribution in [1.82, 2.24) is 0 Å². The number of cyclic esters (lactones) is 1. The van der Waals surface area contributed by atoms with Crippen LogP contribution in [-0.2, 0) is 14.2 Å². The summed E-state index contributed by atoms with van der Waals surface area (Å²) in [6.07, 6.45) is -1.46. The molecule has 0 spiro atoms. The number of benzene rings is 3. The Kier molecular flexibility index (Phi) is 7.23. The fraction of sp³-hybridized carbons (Fsp3) is 0.286. The van der Waals surface area contributed by atoms with Crippen LogP contribution in [0.3, 0.4) is 0 Å². The zero-order valence-corrected chi connectivity index (χ0v) is 20.3. The van der Waals surface area contributed by atoms with E-state index in [1.165, 1.54) is 11.0 Å². The molecule has 1 amide bonds. The lowest BCUT2D eigenvalue weighted by Crippen LogP contribution is -2.37. The molecule has 3 aromatic rings. The number of ether oxygens (including phenoxy) is 4. The van der Waals surface area contributed by atoms with Crippen LogP contribution in [-0.4, -0.2) is 58.2 Å². The maximum atomic E-state index is 15.2. The molecule has 2 atom stereocenters. The number of rotatable bonds is 7. The molecule has 2 aliphatic heterocycles. The lowest BCUT2D eigenvalue weighted by atomic mass is 10.00. The third kappa shape index (κ3) is 5.22. The van der Waals surface area contributed by atoms with Crippen molar-refractivity contribution in [3.8, 4) is 5.75 Å². The number of halogens is 1. The second-order valence-corrected chi connectivity index (χ2v) is 8.71. The van der Waals surface area contributed by atoms with Crippen molar-refractivity contribution in [3.05, 3.63) is 89.7 Å². The molecule has 0 N–H and O–H groups in total. The van der Waals surface area contributed by atoms with Crippen LogP contribution >= 0.6 is 0 Å². The molecule has 9 heteroatoms. The molecule has 37 heavy (non-hydrogen) atoms. The Hall–Kier alpha value is -4.11. The first-order valence-corrected chi connectivity index (χ1v) is 12.0. The SMILES string of the molecule is COc1ccc([C@@H]2[C@@H](COC(=O)c3ccccc3)OC(=O)N2c2ccc(N3CCOCC3)c(F)c2)cc1. The van der Waals surface area contributed by atoms with Crippen molar-refractivity contribution in [3.63, 3.8) is 0 Å². The second kappa shape index (κ2) is 10.9. The summed E-state index contributed by atoms with van der Waals surface area (Å²) in [6, 6.07) is 19.8. The lowest BCUT2D eigenvalue weighted by Gasteiger charge is -2.30. The summed E-state index contributed by atoms with van der Waals surface area (Å²) < 4.78 is 37.0. The molecule has 2 fully saturated rings. The van der Waals surface area contributed by atoms with Crippen molar-refractivity contribution in [2.75, 3.05) is 49.8 Å². The highest BCUT2D eigenvalue weighted by Gasteiger charge is 2.44. The van der Waals surface area contributed by atoms with Gasteiger partial charge in [-0.3, -0.25) is 4.90 Å². The number of methoxy groups -OCH3 is 1. The molecular weight excluding hydrogens is 479 g/mol. The first kappa shape index (κ1) is 24.6. The number of amides is 1. The first-order chi connectivity index (χ1) is 18.0. The Morgan fingerprint density at radius 2 is 1.76 bits per heavy atom. The Bertz CT molecular complexity index is 1250. The summed E-state index contributed by atoms with van der Waals surface area (Å²) in [5, 5.41) is 0. The van der Waals surface area contributed by atoms with Gasteiger partial charge in [0.15, 0.2) is 6.10 Å². The quantitative estimate of drug-likeness (QED) is 0.434. The van der Waals surface area contributed by atoms with Gasteiger partial charge in [-0.1, -0.05) is 30.3 Å². The largest absolute Gasteiger partial charge is 0.497 e. The average Bonchev–Trinajstić information content (AvgIpc) is 3.28. The average molecular weight is 507 g/mol. The van der Waals surface area contributed by atoms with Gasteiger partial charge in [0.1, 0.15) is 24.2 Å². The molecule has 0 saturated carbocycles. The molecule has 3 aromatic carbocycles. The van der Waals surface area contributed by atoms with Gasteiger partial charge < -0.3 is 23.8 Å². The highest BCUT2D eigenvalue weighted by molar-refractivity contribution is 5.92. The molecule has 0 radical (unpaired) electrons. The van der Waals surface area contributed by atoms with Gasteiger partial charge in [-0.2, -0.15) is 0 Å². The molecule has 0 aliphatic carbocycles. The number of anilines is 2. The van der Waals surface area contributed by atoms with E-state index in [1.807, 2.05) is 17.0 Å². The zero-order valence-electron chi connectivity index (χ0n) is 20.3. The highest BCUT2D eigenvalue weighted by Crippen LogP contribution is 2.39. The second-order valence-electron chi connectivity index (χ2n) is 8.71. The van der Waals surface area contributed by atoms with Gasteiger partial charge in [-0.15, -0.1) is 0 Å². The molecular formula is C28H27FN2O6. The Labute approximate surface area is 214 Å². The standard InChI is InChI=1S/C28H27FN2O6/c1-34-22-10-7-19(8-11-22)26-25(18-36-27(32)20-5-3-2-4-6-20)37-28(33)31(26)21-9-12-24(23(29)17-21)30-13-15-35-16-14-30/h2-12,17,25-26H,13-16,18H2,1H3/t25-,26-/m1/s1. The first-order valence-electron chi connectivity index (χ1n) is 12.0. The summed E-state index contributed by atoms with van der Waals surface area (Å²) in [5.74, 6) is -0.322. The van der Waals surface area contributed by atoms with Crippen LogP contribution in [0.15, 0.2) is 72.8 Å². The Morgan fingerprint density at radius 3 is 2.43 bits per heavy atom. The maximum absolute atomic E-state index is 15.2. The van der Waals surface area contributed by atoms with E-state index in [9.17, 15) is 9.59 Å². The van der Waals surface area contributed by atoms with Crippen molar-refractivity contribution in [2.24, 2.45) is 0 Å². The monoisotopic (exact) mass is 506 g/mol. The maximum Gasteiger partial charge on any atom is 0.415 e. The van der Waals surface area contributed by atoms with E-state index in [-0.39, 0.29) is 6.61 Å². The van der Waals surface area contributed by atoms with Gasteiger partial charge in [0.05, 0.1) is 37.3 Å². The zero-order chi connectivity index (χ0) is 25.8. The molecule has 0 bridgehead atoms. The number of hydrogen-bond donors (Lipinski definition) is 0. The minimum atomic E-state index is -0.810. The van der Waals surface area contributed by atoms with Crippen molar-refractivity contribution >= 4 is 23.4 Å². The molecule has 8 nitrogen and oxygen atoms in total. The van der Waals surface area contributed by atoms with Gasteiger partial charge in [-0.05, 0) is 48.0 Å². The van der Waals surface area contributed by atoms with Crippen LogP contribution in [0, 0.1) is 5.82 Å². The summed E-state index contributed by atoms with van der Waals surface area (Å²) in [6.45, 7) is 2.07. The van der Waals surface area contributed by atoms with E-state index < -0.39 is 30.0 Å². The fourth-order valence-electron chi connectivity index (χ4n) is 4.61. The minimum absolute atomic E-state index is 0.166. The van der Waals surface area contributed by atoms with Crippen LogP contribution in [0.1, 0.15) is 22.0 Å². The summed E-state index contributed by atoms with van der Waals surface area (Å²) in [4.78, 5) is 28.9. The van der Waals surface area contributed by atoms with E-state index in [4.69, 9.17) is 18.9 Å². The normalized spacial score (nSPS) is 19.5. The number of carbonyl (C=O) groups excluding carboxylic acids is 2. The summed E-state index contributed by atoms with van der Waals surface area (Å²) >= 11 is 0. The molecule has 2 heterocycles. The van der Waals surface area contributed by atoms with Crippen LogP contribution in [0.2, 0.25) is 0 Å². The van der Waals surface area contributed by atoms with Crippen molar-refractivity contribution in [2.45, 2.75) is 12.1 Å². The smallest absolute Gasteiger partial charge is 0.415 e. The van der Waals surface area contributed by atoms with Gasteiger partial charge in [0.25, 0.3) is 0 Å². The Balaban J connectivity index is 1.43. The highest BCUT2D eigenvalue weighted by atomic mass is 19.1. The van der Waals surface area contributed by atoms with E-state index in [0.29, 0.717) is 49.0 Å². The lowest BCUT2D eigenvalue weighted by molar-refractivity contribution is 0.0251. The molecule has 192 valence electrons. The van der Waals surface area contributed by atoms with E-state index >= 15 is 4.39 Å². The molecule has 2 aliphatic rings. The number of esters is 1. The molecule has 2 saturated heterocycles. The van der Waals surface area contributed by atoms with Crippen LogP contribution < -0.4 is 14.5 Å². The predicted molar refractivity (Wildman–Crippen MR) is 135 cm³/mol. The molecule has 0 aromatic heterocycles. The van der Waals surface area contributed by atoms with Crippen LogP contribution in [0.5, 0.6) is 5.75 Å². The van der Waals surface area contributed by atoms with E-state index in [0.717, 1.165) is 5.56 Å². The number of hydrogen-bond acceptors (Lipinski definition) is 7. The number of carbonyl (C=O) groups is 2. The van der Waals surface area contributed by atoms with Crippen LogP contribution in [0.4, 0.5) is 20.6 Å². The predicted octanol–water partition coefficient (Wildman–Crippen LogP) is 4.59. The Morgan fingerprint density at radius 1 is 1.03 bits per heavy atom. The van der Waals surface area contributed by atoms with Gasteiger partial charge >= 0.3 is 12.1 Å². The molecule has 0 unspecified atom stereocenters. The number of nitrogens with zero attached hydrogens (tertiary/aromatic N) is 2. The summed E-state index contributed by atoms with van der Waals surface area (Å²) in [7, 11) is 1.56. The van der Waals surface area contributed by atoms with Crippen molar-refractivity contribution < 1.29 is 32.9 Å². The van der Waals surface area contributed by atoms with Gasteiger partial charge in [0.2, 0.25) is 0 Å². The third-order valence-electron chi connectivity index (χ3n) is 6.49. The fourth-order valence-corrected chi connectivity index (χ4v) is 4.61. The van der Waals surface area contributed by atoms with Gasteiger partial charge in [0, 0.05) is 13.1 Å². The van der Waals surface area contributed by atoms with E-state index in [1.54, 1.807) is 61.7 Å².